The van der Waals surface area contributed by atoms with Crippen molar-refractivity contribution in [2.24, 2.45) is 0 Å². The summed E-state index contributed by atoms with van der Waals surface area (Å²) in [6.45, 7) is 5.87. The Morgan fingerprint density at radius 2 is 1.48 bits per heavy atom. The minimum Gasteiger partial charge on any atom is -0.493 e. The molecule has 4 rings (SSSR count). The predicted octanol–water partition coefficient (Wildman–Crippen LogP) is 6.07. The molecule has 0 aliphatic heterocycles. The number of carbonyl (C=O) groups is 2. The van der Waals surface area contributed by atoms with E-state index in [4.69, 9.17) is 9.47 Å². The average molecular weight is 672 g/mol. The van der Waals surface area contributed by atoms with Crippen LogP contribution in [0.1, 0.15) is 42.0 Å². The van der Waals surface area contributed by atoms with Gasteiger partial charge in [-0.3, -0.25) is 13.9 Å². The van der Waals surface area contributed by atoms with E-state index in [0.29, 0.717) is 18.0 Å². The number of nitrogens with one attached hydrogen (secondary N) is 1. The first-order valence-corrected chi connectivity index (χ1v) is 17.5. The molecule has 1 atom stereocenters. The van der Waals surface area contributed by atoms with Gasteiger partial charge in [-0.15, -0.1) is 0 Å². The molecule has 48 heavy (non-hydrogen) atoms. The number of methoxy groups -OCH3 is 2. The zero-order valence-corrected chi connectivity index (χ0v) is 29.1. The molecule has 1 unspecified atom stereocenters. The molecule has 1 N–H and O–H groups in total. The Bertz CT molecular complexity index is 1780. The number of benzene rings is 4. The first kappa shape index (κ1) is 36.0. The molecule has 4 aromatic carbocycles. The number of rotatable bonds is 16. The predicted molar refractivity (Wildman–Crippen MR) is 189 cm³/mol. The largest absolute Gasteiger partial charge is 0.493 e. The summed E-state index contributed by atoms with van der Waals surface area (Å²) in [5.41, 5.74) is 3.80. The van der Waals surface area contributed by atoms with E-state index in [0.717, 1.165) is 39.4 Å². The quantitative estimate of drug-likeness (QED) is 0.145. The second-order valence-electron chi connectivity index (χ2n) is 11.7. The van der Waals surface area contributed by atoms with Crippen molar-refractivity contribution in [2.45, 2.75) is 57.5 Å². The third kappa shape index (κ3) is 9.16. The summed E-state index contributed by atoms with van der Waals surface area (Å²) in [4.78, 5) is 30.1. The number of sulfonamides is 1. The molecule has 10 heteroatoms. The van der Waals surface area contributed by atoms with Crippen LogP contribution in [0.3, 0.4) is 0 Å². The van der Waals surface area contributed by atoms with Gasteiger partial charge in [-0.05, 0) is 55.7 Å². The molecular formula is C38H45N3O6S. The Morgan fingerprint density at radius 3 is 2.12 bits per heavy atom. The number of carbonyl (C=O) groups excluding carboxylic acids is 2. The van der Waals surface area contributed by atoms with Crippen LogP contribution in [0.4, 0.5) is 5.69 Å². The lowest BCUT2D eigenvalue weighted by molar-refractivity contribution is -0.140. The van der Waals surface area contributed by atoms with Crippen molar-refractivity contribution in [2.75, 3.05) is 31.6 Å². The standard InChI is InChI=1S/C38H45N3O6S/c1-6-7-22-39-38(43)34(24-30-13-9-8-10-14-30)40(26-31-15-11-12-29(3)23-31)37(42)27-41(32-18-21-35(46-4)36(25-32)47-5)48(44,45)33-19-16-28(2)17-20-33/h8-21,23,25,34H,6-7,22,24,26-27H2,1-5H3,(H,39,43). The van der Waals surface area contributed by atoms with Crippen molar-refractivity contribution in [3.05, 3.63) is 119 Å². The van der Waals surface area contributed by atoms with Crippen LogP contribution in [0.15, 0.2) is 102 Å². The van der Waals surface area contributed by atoms with E-state index in [1.807, 2.05) is 75.4 Å². The highest BCUT2D eigenvalue weighted by Crippen LogP contribution is 2.34. The molecule has 0 spiro atoms. The van der Waals surface area contributed by atoms with Crippen LogP contribution in [0.5, 0.6) is 11.5 Å². The number of unbranched alkanes of at least 4 members (excludes halogenated alkanes) is 1. The maximum Gasteiger partial charge on any atom is 0.264 e. The van der Waals surface area contributed by atoms with Crippen LogP contribution in [-0.4, -0.2) is 58.5 Å². The maximum absolute atomic E-state index is 14.7. The van der Waals surface area contributed by atoms with E-state index in [1.54, 1.807) is 24.3 Å². The molecule has 4 aromatic rings. The van der Waals surface area contributed by atoms with Gasteiger partial charge in [0.05, 0.1) is 24.8 Å². The van der Waals surface area contributed by atoms with Crippen LogP contribution in [0, 0.1) is 13.8 Å². The van der Waals surface area contributed by atoms with Gasteiger partial charge in [-0.2, -0.15) is 0 Å². The topological polar surface area (TPSA) is 105 Å². The van der Waals surface area contributed by atoms with E-state index < -0.39 is 28.5 Å². The number of nitrogens with zero attached hydrogens (tertiary/aromatic N) is 2. The third-order valence-corrected chi connectivity index (χ3v) is 9.87. The van der Waals surface area contributed by atoms with Gasteiger partial charge in [-0.25, -0.2) is 8.42 Å². The number of hydrogen-bond acceptors (Lipinski definition) is 6. The molecule has 254 valence electrons. The lowest BCUT2D eigenvalue weighted by Crippen LogP contribution is -2.53. The van der Waals surface area contributed by atoms with Crippen molar-refractivity contribution in [3.8, 4) is 11.5 Å². The average Bonchev–Trinajstić information content (AvgIpc) is 3.09. The Hall–Kier alpha value is -4.83. The van der Waals surface area contributed by atoms with Crippen LogP contribution in [0.2, 0.25) is 0 Å². The molecule has 0 fully saturated rings. The van der Waals surface area contributed by atoms with Crippen LogP contribution >= 0.6 is 0 Å². The van der Waals surface area contributed by atoms with Crippen LogP contribution < -0.4 is 19.1 Å². The van der Waals surface area contributed by atoms with Crippen molar-refractivity contribution in [3.63, 3.8) is 0 Å². The second kappa shape index (κ2) is 16.8. The summed E-state index contributed by atoms with van der Waals surface area (Å²) in [5.74, 6) is -0.116. The lowest BCUT2D eigenvalue weighted by atomic mass is 10.0. The van der Waals surface area contributed by atoms with Crippen LogP contribution in [0.25, 0.3) is 0 Å². The van der Waals surface area contributed by atoms with E-state index in [2.05, 4.69) is 5.32 Å². The minimum atomic E-state index is -4.26. The van der Waals surface area contributed by atoms with Crippen molar-refractivity contribution in [1.29, 1.82) is 0 Å². The zero-order chi connectivity index (χ0) is 34.7. The monoisotopic (exact) mass is 671 g/mol. The Labute approximate surface area is 284 Å². The number of hydrogen-bond donors (Lipinski definition) is 1. The van der Waals surface area contributed by atoms with Crippen molar-refractivity contribution >= 4 is 27.5 Å². The molecule has 0 aromatic heterocycles. The SMILES string of the molecule is CCCCNC(=O)C(Cc1ccccc1)N(Cc1cccc(C)c1)C(=O)CN(c1ccc(OC)c(OC)c1)S(=O)(=O)c1ccc(C)cc1. The number of amides is 2. The first-order valence-electron chi connectivity index (χ1n) is 16.1. The van der Waals surface area contributed by atoms with Gasteiger partial charge in [0.15, 0.2) is 11.5 Å². The molecule has 0 aliphatic rings. The molecule has 0 heterocycles. The number of ether oxygens (including phenoxy) is 2. The lowest BCUT2D eigenvalue weighted by Gasteiger charge is -2.34. The highest BCUT2D eigenvalue weighted by Gasteiger charge is 2.35. The highest BCUT2D eigenvalue weighted by molar-refractivity contribution is 7.92. The number of aryl methyl sites for hydroxylation is 2. The van der Waals surface area contributed by atoms with E-state index in [1.165, 1.54) is 37.3 Å². The second-order valence-corrected chi connectivity index (χ2v) is 13.6. The minimum absolute atomic E-state index is 0.0269. The van der Waals surface area contributed by atoms with Gasteiger partial charge in [0, 0.05) is 25.6 Å². The summed E-state index contributed by atoms with van der Waals surface area (Å²) in [7, 11) is -1.31. The fraction of sp³-hybridized carbons (Fsp3) is 0.316. The Balaban J connectivity index is 1.83. The smallest absolute Gasteiger partial charge is 0.264 e. The number of anilines is 1. The molecule has 0 aliphatic carbocycles. The van der Waals surface area contributed by atoms with Gasteiger partial charge >= 0.3 is 0 Å². The summed E-state index contributed by atoms with van der Waals surface area (Å²) >= 11 is 0. The normalized spacial score (nSPS) is 11.8. The fourth-order valence-electron chi connectivity index (χ4n) is 5.41. The molecule has 0 saturated carbocycles. The fourth-order valence-corrected chi connectivity index (χ4v) is 6.82. The van der Waals surface area contributed by atoms with Gasteiger partial charge in [0.25, 0.3) is 10.0 Å². The summed E-state index contributed by atoms with van der Waals surface area (Å²) < 4.78 is 40.6. The van der Waals surface area contributed by atoms with Gasteiger partial charge in [-0.1, -0.05) is 91.2 Å². The summed E-state index contributed by atoms with van der Waals surface area (Å²) in [6, 6.07) is 27.5. The summed E-state index contributed by atoms with van der Waals surface area (Å²) in [5, 5.41) is 3.02. The van der Waals surface area contributed by atoms with Crippen molar-refractivity contribution in [1.82, 2.24) is 10.2 Å². The molecule has 9 nitrogen and oxygen atoms in total. The summed E-state index contributed by atoms with van der Waals surface area (Å²) in [6.07, 6.45) is 1.93. The zero-order valence-electron chi connectivity index (χ0n) is 28.3. The van der Waals surface area contributed by atoms with Gasteiger partial charge < -0.3 is 19.7 Å². The van der Waals surface area contributed by atoms with E-state index in [9.17, 15) is 18.0 Å². The van der Waals surface area contributed by atoms with E-state index >= 15 is 0 Å². The van der Waals surface area contributed by atoms with Gasteiger partial charge in [0.2, 0.25) is 11.8 Å². The molecular weight excluding hydrogens is 627 g/mol. The molecule has 2 amide bonds. The third-order valence-electron chi connectivity index (χ3n) is 8.08. The van der Waals surface area contributed by atoms with E-state index in [-0.39, 0.29) is 29.5 Å². The highest BCUT2D eigenvalue weighted by atomic mass is 32.2. The van der Waals surface area contributed by atoms with Gasteiger partial charge in [0.1, 0.15) is 12.6 Å². The molecule has 0 bridgehead atoms. The molecule has 0 saturated heterocycles. The Kier molecular flexibility index (Phi) is 12.6. The van der Waals surface area contributed by atoms with Crippen LogP contribution in [-0.2, 0) is 32.6 Å². The maximum atomic E-state index is 14.7. The van der Waals surface area contributed by atoms with Crippen molar-refractivity contribution < 1.29 is 27.5 Å². The Morgan fingerprint density at radius 1 is 0.792 bits per heavy atom. The first-order chi connectivity index (χ1) is 23.1. The molecule has 0 radical (unpaired) electrons.